The molecule has 22 heavy (non-hydrogen) atoms. The number of carboxylic acid groups (broad SMARTS) is 1. The molecule has 0 aliphatic heterocycles. The first kappa shape index (κ1) is 15.6. The first-order valence-corrected chi connectivity index (χ1v) is 6.85. The summed E-state index contributed by atoms with van der Waals surface area (Å²) in [5.74, 6) is -0.00724. The number of hydrogen-bond donors (Lipinski definition) is 2. The van der Waals surface area contributed by atoms with Crippen LogP contribution in [0.2, 0.25) is 0 Å². The van der Waals surface area contributed by atoms with Gasteiger partial charge in [-0.3, -0.25) is 4.79 Å². The van der Waals surface area contributed by atoms with Crippen LogP contribution in [0.15, 0.2) is 34.7 Å². The van der Waals surface area contributed by atoms with E-state index in [0.717, 1.165) is 0 Å². The van der Waals surface area contributed by atoms with Crippen LogP contribution >= 0.6 is 0 Å². The van der Waals surface area contributed by atoms with Gasteiger partial charge in [-0.2, -0.15) is 0 Å². The third-order valence-corrected chi connectivity index (χ3v) is 3.03. The molecular formula is C16H17NO5. The summed E-state index contributed by atoms with van der Waals surface area (Å²) in [7, 11) is 0. The molecule has 1 aromatic carbocycles. The van der Waals surface area contributed by atoms with Gasteiger partial charge in [0.15, 0.2) is 0 Å². The van der Waals surface area contributed by atoms with Gasteiger partial charge >= 0.3 is 5.97 Å². The number of furan rings is 1. The molecule has 0 saturated carbocycles. The zero-order valence-electron chi connectivity index (χ0n) is 12.4. The van der Waals surface area contributed by atoms with Crippen LogP contribution in [-0.2, 0) is 6.54 Å². The van der Waals surface area contributed by atoms with Crippen LogP contribution in [0.1, 0.15) is 39.2 Å². The first-order valence-electron chi connectivity index (χ1n) is 6.85. The Balaban J connectivity index is 2.02. The Kier molecular flexibility index (Phi) is 4.83. The van der Waals surface area contributed by atoms with Gasteiger partial charge in [0.25, 0.3) is 5.91 Å². The Bertz CT molecular complexity index is 690. The molecule has 2 rings (SSSR count). The minimum Gasteiger partial charge on any atom is -0.494 e. The monoisotopic (exact) mass is 303 g/mol. The molecule has 0 bridgehead atoms. The normalized spacial score (nSPS) is 10.3. The summed E-state index contributed by atoms with van der Waals surface area (Å²) in [5, 5.41) is 11.6. The zero-order chi connectivity index (χ0) is 16.1. The Labute approximate surface area is 127 Å². The van der Waals surface area contributed by atoms with Crippen molar-refractivity contribution in [3.05, 3.63) is 53.0 Å². The highest BCUT2D eigenvalue weighted by Gasteiger charge is 2.14. The summed E-state index contributed by atoms with van der Waals surface area (Å²) >= 11 is 0. The fraction of sp³-hybridized carbons (Fsp3) is 0.250. The standard InChI is InChI=1S/C16H17NO5/c1-3-21-12-6-4-5-11(7-12)15(18)17-9-13-8-14(16(19)20)10(2)22-13/h4-8H,3,9H2,1-2H3,(H,17,18)(H,19,20). The maximum atomic E-state index is 12.1. The van der Waals surface area contributed by atoms with E-state index in [9.17, 15) is 9.59 Å². The molecule has 1 aromatic heterocycles. The number of aromatic carboxylic acids is 1. The summed E-state index contributed by atoms with van der Waals surface area (Å²) in [6.07, 6.45) is 0. The molecular weight excluding hydrogens is 286 g/mol. The van der Waals surface area contributed by atoms with E-state index in [-0.39, 0.29) is 18.0 Å². The highest BCUT2D eigenvalue weighted by atomic mass is 16.5. The van der Waals surface area contributed by atoms with Crippen LogP contribution in [0.5, 0.6) is 5.75 Å². The van der Waals surface area contributed by atoms with Gasteiger partial charge in [-0.15, -0.1) is 0 Å². The summed E-state index contributed by atoms with van der Waals surface area (Å²) < 4.78 is 10.6. The number of ether oxygens (including phenoxy) is 1. The number of amides is 1. The van der Waals surface area contributed by atoms with Crippen LogP contribution in [0.3, 0.4) is 0 Å². The maximum absolute atomic E-state index is 12.1. The molecule has 6 nitrogen and oxygen atoms in total. The molecule has 0 radical (unpaired) electrons. The fourth-order valence-corrected chi connectivity index (χ4v) is 2.01. The minimum atomic E-state index is -1.05. The van der Waals surface area contributed by atoms with Crippen molar-refractivity contribution in [2.45, 2.75) is 20.4 Å². The lowest BCUT2D eigenvalue weighted by molar-refractivity contribution is 0.0694. The van der Waals surface area contributed by atoms with Crippen LogP contribution in [0, 0.1) is 6.92 Å². The van der Waals surface area contributed by atoms with Crippen molar-refractivity contribution in [2.24, 2.45) is 0 Å². The topological polar surface area (TPSA) is 88.8 Å². The molecule has 0 spiro atoms. The van der Waals surface area contributed by atoms with Crippen LogP contribution in [-0.4, -0.2) is 23.6 Å². The number of carbonyl (C=O) groups excluding carboxylic acids is 1. The number of rotatable bonds is 6. The average Bonchev–Trinajstić information content (AvgIpc) is 2.87. The van der Waals surface area contributed by atoms with Gasteiger partial charge in [0, 0.05) is 5.56 Å². The van der Waals surface area contributed by atoms with Crippen molar-refractivity contribution >= 4 is 11.9 Å². The van der Waals surface area contributed by atoms with E-state index >= 15 is 0 Å². The molecule has 1 amide bonds. The number of carboxylic acids is 1. The first-order chi connectivity index (χ1) is 10.5. The van der Waals surface area contributed by atoms with Crippen LogP contribution in [0.25, 0.3) is 0 Å². The molecule has 0 saturated heterocycles. The second kappa shape index (κ2) is 6.80. The molecule has 0 unspecified atom stereocenters. The van der Waals surface area contributed by atoms with Crippen molar-refractivity contribution in [1.29, 1.82) is 0 Å². The lowest BCUT2D eigenvalue weighted by Crippen LogP contribution is -2.22. The van der Waals surface area contributed by atoms with Crippen molar-refractivity contribution in [1.82, 2.24) is 5.32 Å². The minimum absolute atomic E-state index is 0.0996. The third-order valence-electron chi connectivity index (χ3n) is 3.03. The number of carbonyl (C=O) groups is 2. The molecule has 0 atom stereocenters. The molecule has 2 N–H and O–H groups in total. The van der Waals surface area contributed by atoms with Gasteiger partial charge in [0.05, 0.1) is 13.2 Å². The molecule has 116 valence electrons. The predicted molar refractivity (Wildman–Crippen MR) is 79.2 cm³/mol. The number of benzene rings is 1. The lowest BCUT2D eigenvalue weighted by Gasteiger charge is -2.06. The number of nitrogens with one attached hydrogen (secondary N) is 1. The van der Waals surface area contributed by atoms with E-state index in [1.165, 1.54) is 6.07 Å². The van der Waals surface area contributed by atoms with Crippen LogP contribution < -0.4 is 10.1 Å². The fourth-order valence-electron chi connectivity index (χ4n) is 2.01. The van der Waals surface area contributed by atoms with Crippen molar-refractivity contribution in [3.8, 4) is 5.75 Å². The van der Waals surface area contributed by atoms with Gasteiger partial charge in [-0.1, -0.05) is 6.07 Å². The summed E-state index contributed by atoms with van der Waals surface area (Å²) in [6, 6.07) is 8.24. The smallest absolute Gasteiger partial charge is 0.339 e. The van der Waals surface area contributed by atoms with Gasteiger partial charge in [0.2, 0.25) is 0 Å². The SMILES string of the molecule is CCOc1cccc(C(=O)NCc2cc(C(=O)O)c(C)o2)c1. The lowest BCUT2D eigenvalue weighted by atomic mass is 10.2. The highest BCUT2D eigenvalue weighted by Crippen LogP contribution is 2.16. The molecule has 0 aliphatic carbocycles. The molecule has 1 heterocycles. The molecule has 0 fully saturated rings. The molecule has 0 aliphatic rings. The van der Waals surface area contributed by atoms with Crippen molar-refractivity contribution in [3.63, 3.8) is 0 Å². The number of hydrogen-bond acceptors (Lipinski definition) is 4. The van der Waals surface area contributed by atoms with Crippen molar-refractivity contribution in [2.75, 3.05) is 6.61 Å². The van der Waals surface area contributed by atoms with Gasteiger partial charge in [-0.05, 0) is 38.1 Å². The predicted octanol–water partition coefficient (Wildman–Crippen LogP) is 2.61. The summed E-state index contributed by atoms with van der Waals surface area (Å²) in [6.45, 7) is 4.08. The quantitative estimate of drug-likeness (QED) is 0.856. The van der Waals surface area contributed by atoms with E-state index < -0.39 is 5.97 Å². The van der Waals surface area contributed by atoms with Crippen LogP contribution in [0.4, 0.5) is 0 Å². The van der Waals surface area contributed by atoms with Gasteiger partial charge < -0.3 is 19.6 Å². The molecule has 6 heteroatoms. The summed E-state index contributed by atoms with van der Waals surface area (Å²) in [5.41, 5.74) is 0.565. The zero-order valence-corrected chi connectivity index (χ0v) is 12.4. The molecule has 2 aromatic rings. The van der Waals surface area contributed by atoms with E-state index in [1.54, 1.807) is 31.2 Å². The average molecular weight is 303 g/mol. The largest absolute Gasteiger partial charge is 0.494 e. The number of aryl methyl sites for hydroxylation is 1. The summed E-state index contributed by atoms with van der Waals surface area (Å²) in [4.78, 5) is 23.0. The highest BCUT2D eigenvalue weighted by molar-refractivity contribution is 5.94. The Hall–Kier alpha value is -2.76. The third kappa shape index (κ3) is 3.66. The second-order valence-corrected chi connectivity index (χ2v) is 4.63. The van der Waals surface area contributed by atoms with E-state index in [1.807, 2.05) is 6.92 Å². The van der Waals surface area contributed by atoms with E-state index in [4.69, 9.17) is 14.3 Å². The van der Waals surface area contributed by atoms with E-state index in [2.05, 4.69) is 5.32 Å². The van der Waals surface area contributed by atoms with Crippen molar-refractivity contribution < 1.29 is 23.8 Å². The Morgan fingerprint density at radius 2 is 2.09 bits per heavy atom. The van der Waals surface area contributed by atoms with E-state index in [0.29, 0.717) is 29.4 Å². The van der Waals surface area contributed by atoms with Gasteiger partial charge in [0.1, 0.15) is 22.8 Å². The maximum Gasteiger partial charge on any atom is 0.339 e. The Morgan fingerprint density at radius 1 is 1.32 bits per heavy atom. The second-order valence-electron chi connectivity index (χ2n) is 4.63. The van der Waals surface area contributed by atoms with Gasteiger partial charge in [-0.25, -0.2) is 4.79 Å². The Morgan fingerprint density at radius 3 is 2.73 bits per heavy atom.